The first-order valence-corrected chi connectivity index (χ1v) is 6.54. The molecule has 1 aromatic carbocycles. The molecule has 0 unspecified atom stereocenters. The third-order valence-corrected chi connectivity index (χ3v) is 2.93. The zero-order valence-corrected chi connectivity index (χ0v) is 12.2. The van der Waals surface area contributed by atoms with E-state index in [1.54, 1.807) is 6.07 Å². The van der Waals surface area contributed by atoms with Crippen molar-refractivity contribution in [3.63, 3.8) is 0 Å². The minimum Gasteiger partial charge on any atom is -0.496 e. The van der Waals surface area contributed by atoms with E-state index in [0.29, 0.717) is 24.4 Å². The number of benzene rings is 1. The van der Waals surface area contributed by atoms with Crippen LogP contribution in [-0.4, -0.2) is 42.1 Å². The van der Waals surface area contributed by atoms with E-state index < -0.39 is 5.97 Å². The molecule has 1 amide bonds. The average molecular weight is 292 g/mol. The molecular weight excluding hydrogens is 272 g/mol. The maximum absolute atomic E-state index is 11.0. The fraction of sp³-hybridized carbons (Fsp3) is 0.333. The van der Waals surface area contributed by atoms with Crippen molar-refractivity contribution in [1.29, 1.82) is 0 Å². The van der Waals surface area contributed by atoms with Gasteiger partial charge in [0.25, 0.3) is 0 Å². The molecule has 0 aliphatic rings. The zero-order valence-electron chi connectivity index (χ0n) is 12.2. The van der Waals surface area contributed by atoms with Crippen LogP contribution in [-0.2, 0) is 16.1 Å². The number of hydrogen-bond donors (Lipinski definition) is 2. The summed E-state index contributed by atoms with van der Waals surface area (Å²) in [7, 11) is 1.53. The van der Waals surface area contributed by atoms with Crippen molar-refractivity contribution < 1.29 is 19.4 Å². The maximum Gasteiger partial charge on any atom is 0.328 e. The number of carboxylic acids is 1. The lowest BCUT2D eigenvalue weighted by Gasteiger charge is -2.19. The second-order valence-corrected chi connectivity index (χ2v) is 4.52. The summed E-state index contributed by atoms with van der Waals surface area (Å²) < 4.78 is 5.20. The average Bonchev–Trinajstić information content (AvgIpc) is 2.44. The molecule has 0 spiro atoms. The van der Waals surface area contributed by atoms with Crippen molar-refractivity contribution in [3.05, 3.63) is 35.4 Å². The lowest BCUT2D eigenvalue weighted by atomic mass is 10.1. The fourth-order valence-corrected chi connectivity index (χ4v) is 1.93. The normalized spacial score (nSPS) is 11.0. The Morgan fingerprint density at radius 1 is 1.43 bits per heavy atom. The second kappa shape index (κ2) is 8.06. The van der Waals surface area contributed by atoms with E-state index in [9.17, 15) is 9.59 Å². The van der Waals surface area contributed by atoms with Gasteiger partial charge in [-0.05, 0) is 30.3 Å². The Balaban J connectivity index is 2.95. The summed E-state index contributed by atoms with van der Waals surface area (Å²) in [6.07, 6.45) is 2.54. The van der Waals surface area contributed by atoms with Gasteiger partial charge in [0.2, 0.25) is 5.91 Å². The van der Waals surface area contributed by atoms with Gasteiger partial charge in [-0.25, -0.2) is 4.79 Å². The smallest absolute Gasteiger partial charge is 0.328 e. The molecule has 21 heavy (non-hydrogen) atoms. The van der Waals surface area contributed by atoms with Gasteiger partial charge in [0.05, 0.1) is 13.7 Å². The van der Waals surface area contributed by atoms with Gasteiger partial charge in [0.1, 0.15) is 5.75 Å². The number of amides is 1. The number of aliphatic carboxylic acids is 1. The Morgan fingerprint density at radius 3 is 2.67 bits per heavy atom. The van der Waals surface area contributed by atoms with Crippen LogP contribution in [0.1, 0.15) is 18.1 Å². The van der Waals surface area contributed by atoms with Crippen LogP contribution in [0.15, 0.2) is 24.3 Å². The summed E-state index contributed by atoms with van der Waals surface area (Å²) in [5, 5.41) is 8.70. The predicted octanol–water partition coefficient (Wildman–Crippen LogP) is 1.10. The van der Waals surface area contributed by atoms with Crippen LogP contribution in [0.5, 0.6) is 5.75 Å². The van der Waals surface area contributed by atoms with Crippen molar-refractivity contribution in [2.24, 2.45) is 5.73 Å². The summed E-state index contributed by atoms with van der Waals surface area (Å²) in [6.45, 7) is 3.37. The molecule has 6 nitrogen and oxygen atoms in total. The van der Waals surface area contributed by atoms with E-state index in [0.717, 1.165) is 11.6 Å². The quantitative estimate of drug-likeness (QED) is 0.700. The van der Waals surface area contributed by atoms with Crippen LogP contribution in [0, 0.1) is 0 Å². The van der Waals surface area contributed by atoms with Gasteiger partial charge >= 0.3 is 5.97 Å². The summed E-state index contributed by atoms with van der Waals surface area (Å²) in [5.74, 6) is -0.808. The number of primary amides is 1. The minimum atomic E-state index is -1.02. The van der Waals surface area contributed by atoms with Crippen LogP contribution in [0.3, 0.4) is 0 Å². The number of methoxy groups -OCH3 is 1. The van der Waals surface area contributed by atoms with Gasteiger partial charge in [0, 0.05) is 18.2 Å². The molecule has 1 rings (SSSR count). The number of likely N-dealkylation sites (N-methyl/N-ethyl adjacent to an activating group) is 1. The predicted molar refractivity (Wildman–Crippen MR) is 79.8 cm³/mol. The number of ether oxygens (including phenoxy) is 1. The summed E-state index contributed by atoms with van der Waals surface area (Å²) >= 11 is 0. The van der Waals surface area contributed by atoms with Crippen molar-refractivity contribution in [2.75, 3.05) is 20.2 Å². The Labute approximate surface area is 123 Å². The fourth-order valence-electron chi connectivity index (χ4n) is 1.93. The topological polar surface area (TPSA) is 92.9 Å². The molecule has 0 saturated carbocycles. The van der Waals surface area contributed by atoms with E-state index >= 15 is 0 Å². The van der Waals surface area contributed by atoms with Crippen LogP contribution in [0.4, 0.5) is 0 Å². The van der Waals surface area contributed by atoms with Crippen LogP contribution >= 0.6 is 0 Å². The Kier molecular flexibility index (Phi) is 6.42. The molecule has 0 aliphatic carbocycles. The minimum absolute atomic E-state index is 0.183. The number of nitrogens with zero attached hydrogens (tertiary/aromatic N) is 1. The molecule has 3 N–H and O–H groups in total. The highest BCUT2D eigenvalue weighted by Gasteiger charge is 2.09. The van der Waals surface area contributed by atoms with Gasteiger partial charge < -0.3 is 15.6 Å². The van der Waals surface area contributed by atoms with Gasteiger partial charge in [-0.15, -0.1) is 0 Å². The molecule has 1 aromatic rings. The molecular formula is C15H20N2O4. The molecule has 0 heterocycles. The van der Waals surface area contributed by atoms with E-state index in [2.05, 4.69) is 0 Å². The monoisotopic (exact) mass is 292 g/mol. The number of carboxylic acid groups (broad SMARTS) is 1. The lowest BCUT2D eigenvalue weighted by molar-refractivity contribution is -0.131. The summed E-state index contributed by atoms with van der Waals surface area (Å²) in [5.41, 5.74) is 6.82. The van der Waals surface area contributed by atoms with E-state index in [1.807, 2.05) is 24.0 Å². The van der Waals surface area contributed by atoms with Crippen LogP contribution < -0.4 is 10.5 Å². The van der Waals surface area contributed by atoms with Crippen molar-refractivity contribution >= 4 is 18.0 Å². The van der Waals surface area contributed by atoms with Gasteiger partial charge in [-0.2, -0.15) is 0 Å². The van der Waals surface area contributed by atoms with Gasteiger partial charge in [-0.3, -0.25) is 9.69 Å². The molecule has 6 heteroatoms. The largest absolute Gasteiger partial charge is 0.496 e. The van der Waals surface area contributed by atoms with Gasteiger partial charge in [-0.1, -0.05) is 13.0 Å². The molecule has 0 saturated heterocycles. The molecule has 0 atom stereocenters. The summed E-state index contributed by atoms with van der Waals surface area (Å²) in [6, 6.07) is 5.48. The third kappa shape index (κ3) is 5.66. The Hall–Kier alpha value is -2.34. The van der Waals surface area contributed by atoms with Crippen molar-refractivity contribution in [1.82, 2.24) is 4.90 Å². The Morgan fingerprint density at radius 2 is 2.14 bits per heavy atom. The second-order valence-electron chi connectivity index (χ2n) is 4.52. The molecule has 0 aliphatic heterocycles. The molecule has 0 bridgehead atoms. The third-order valence-electron chi connectivity index (χ3n) is 2.93. The van der Waals surface area contributed by atoms with E-state index in [1.165, 1.54) is 13.2 Å². The highest BCUT2D eigenvalue weighted by atomic mass is 16.5. The SMILES string of the molecule is CCN(CC(N)=O)Cc1ccc(OC)c(/C=C/C(=O)O)c1. The number of nitrogens with two attached hydrogens (primary N) is 1. The zero-order chi connectivity index (χ0) is 15.8. The highest BCUT2D eigenvalue weighted by molar-refractivity contribution is 5.86. The first-order chi connectivity index (χ1) is 9.96. The van der Waals surface area contributed by atoms with E-state index in [-0.39, 0.29) is 12.5 Å². The molecule has 0 radical (unpaired) electrons. The summed E-state index contributed by atoms with van der Waals surface area (Å²) in [4.78, 5) is 23.5. The van der Waals surface area contributed by atoms with E-state index in [4.69, 9.17) is 15.6 Å². The van der Waals surface area contributed by atoms with Crippen molar-refractivity contribution in [3.8, 4) is 5.75 Å². The first-order valence-electron chi connectivity index (χ1n) is 6.54. The lowest BCUT2D eigenvalue weighted by Crippen LogP contribution is -2.33. The Bertz CT molecular complexity index is 540. The molecule has 0 aromatic heterocycles. The number of hydrogen-bond acceptors (Lipinski definition) is 4. The standard InChI is InChI=1S/C15H20N2O4/c1-3-17(10-14(16)18)9-11-4-6-13(21-2)12(8-11)5-7-15(19)20/h4-8H,3,9-10H2,1-2H3,(H2,16,18)(H,19,20)/b7-5+. The molecule has 0 fully saturated rings. The van der Waals surface area contributed by atoms with Crippen LogP contribution in [0.25, 0.3) is 6.08 Å². The first kappa shape index (κ1) is 16.7. The number of rotatable bonds is 8. The van der Waals surface area contributed by atoms with Crippen molar-refractivity contribution in [2.45, 2.75) is 13.5 Å². The highest BCUT2D eigenvalue weighted by Crippen LogP contribution is 2.22. The molecule has 114 valence electrons. The number of carbonyl (C=O) groups excluding carboxylic acids is 1. The van der Waals surface area contributed by atoms with Gasteiger partial charge in [0.15, 0.2) is 0 Å². The van der Waals surface area contributed by atoms with Crippen LogP contribution in [0.2, 0.25) is 0 Å². The number of carbonyl (C=O) groups is 2. The maximum atomic E-state index is 11.0.